The maximum absolute atomic E-state index is 14.2. The molecule has 3 aliphatic heterocycles. The van der Waals surface area contributed by atoms with Gasteiger partial charge in [-0.1, -0.05) is 84.4 Å². The fourth-order valence-electron chi connectivity index (χ4n) is 14.6. The van der Waals surface area contributed by atoms with Crippen LogP contribution in [0.3, 0.4) is 0 Å². The molecule has 23 heteroatoms. The standard InChI is InChI=1S/2C32H40FN5O2.C32H41N5O2/c1-35(2)27-12-7-24(8-13-27)6-5-17-34-31(39)30-22-26(33)11-16-29(30)32(40)38-20-18-37(19-21-38)23-25-9-14-28(15-10-25)36(3)4;1-35(2)27-12-7-24(8-13-27)6-5-17-34-31(39)29-16-11-26(33)22-30(29)32(40)38-20-18-37(19-21-38)23-25-9-14-28(15-10-25)36(3)4;1-24-6-15-29(30(22-24)31(38)33-17-16-25-7-11-27(12-8-25)34(2)3)32(39)37-20-18-36(19-21-37)23-26-9-13-28(14-10-26)35(4)5/h2*7-16,22H,5-6,17-21,23H2,1-4H3,(H,34,39);6-15,22H,16-21,23H2,1-5H3,(H,33,38). The number of carbonyl (C=O) groups is 6. The van der Waals surface area contributed by atoms with Crippen LogP contribution >= 0.6 is 0 Å². The second-order valence-electron chi connectivity index (χ2n) is 32.2. The molecule has 6 amide bonds. The van der Waals surface area contributed by atoms with Crippen molar-refractivity contribution >= 4 is 69.6 Å². The molecule has 3 fully saturated rings. The first-order valence-electron chi connectivity index (χ1n) is 41.3. The van der Waals surface area contributed by atoms with Gasteiger partial charge in [-0.3, -0.25) is 43.5 Å². The van der Waals surface area contributed by atoms with Gasteiger partial charge in [-0.05, 0) is 194 Å². The minimum atomic E-state index is -0.534. The summed E-state index contributed by atoms with van der Waals surface area (Å²) < 4.78 is 28.3. The van der Waals surface area contributed by atoms with Gasteiger partial charge in [0.1, 0.15) is 11.6 Å². The van der Waals surface area contributed by atoms with Crippen LogP contribution in [0.25, 0.3) is 0 Å². The predicted octanol–water partition coefficient (Wildman–Crippen LogP) is 12.6. The van der Waals surface area contributed by atoms with E-state index in [-0.39, 0.29) is 51.8 Å². The highest BCUT2D eigenvalue weighted by Gasteiger charge is 2.30. The van der Waals surface area contributed by atoms with Gasteiger partial charge in [0, 0.05) is 237 Å². The molecule has 0 atom stereocenters. The number of piperazine rings is 3. The molecule has 0 bridgehead atoms. The Kier molecular flexibility index (Phi) is 32.9. The Morgan fingerprint density at radius 3 is 0.849 bits per heavy atom. The van der Waals surface area contributed by atoms with Gasteiger partial charge in [0.15, 0.2) is 0 Å². The smallest absolute Gasteiger partial charge is 0.254 e. The maximum Gasteiger partial charge on any atom is 0.254 e. The van der Waals surface area contributed by atoms with E-state index < -0.39 is 17.5 Å². The third-order valence-electron chi connectivity index (χ3n) is 22.0. The number of aryl methyl sites for hydroxylation is 3. The molecule has 3 heterocycles. The molecule has 21 nitrogen and oxygen atoms in total. The minimum absolute atomic E-state index is 0.0746. The van der Waals surface area contributed by atoms with E-state index in [0.29, 0.717) is 83.1 Å². The SMILES string of the molecule is CN(C)c1ccc(CCCNC(=O)c2cc(F)ccc2C(=O)N2CCN(Cc3ccc(N(C)C)cc3)CC2)cc1.CN(C)c1ccc(CCCNC(=O)c2ccc(F)cc2C(=O)N2CCN(Cc3ccc(N(C)C)cc3)CC2)cc1.Cc1ccc(C(=O)N2CCN(Cc3ccc(N(C)C)cc3)CC2)c(C(=O)NCCc2ccc(N(C)C)cc2)c1. The van der Waals surface area contributed by atoms with Crippen molar-refractivity contribution in [3.63, 3.8) is 0 Å². The first-order chi connectivity index (χ1) is 57.1. The van der Waals surface area contributed by atoms with Crippen molar-refractivity contribution in [3.05, 3.63) is 284 Å². The lowest BCUT2D eigenvalue weighted by Gasteiger charge is -2.35. The maximum atomic E-state index is 14.2. The van der Waals surface area contributed by atoms with E-state index in [4.69, 9.17) is 0 Å². The molecular formula is C96H121F2N15O6. The van der Waals surface area contributed by atoms with E-state index in [2.05, 4.69) is 201 Å². The topological polar surface area (TPSA) is 177 Å². The summed E-state index contributed by atoms with van der Waals surface area (Å²) in [6, 6.07) is 63.7. The molecule has 630 valence electrons. The molecule has 0 unspecified atom stereocenters. The number of carbonyl (C=O) groups excluding carboxylic acids is 6. The number of rotatable bonds is 29. The van der Waals surface area contributed by atoms with Crippen molar-refractivity contribution in [2.24, 2.45) is 0 Å². The zero-order valence-electron chi connectivity index (χ0n) is 71.9. The number of anilines is 6. The van der Waals surface area contributed by atoms with Crippen LogP contribution in [0, 0.1) is 18.6 Å². The Labute approximate surface area is 703 Å². The fraction of sp³-hybridized carbons (Fsp3) is 0.375. The lowest BCUT2D eigenvalue weighted by Crippen LogP contribution is -2.48. The van der Waals surface area contributed by atoms with E-state index >= 15 is 0 Å². The van der Waals surface area contributed by atoms with E-state index in [1.165, 1.54) is 63.8 Å². The lowest BCUT2D eigenvalue weighted by atomic mass is 10.0. The Morgan fingerprint density at radius 1 is 0.277 bits per heavy atom. The zero-order valence-corrected chi connectivity index (χ0v) is 71.9. The van der Waals surface area contributed by atoms with Gasteiger partial charge >= 0.3 is 0 Å². The normalized spacial score (nSPS) is 13.7. The summed E-state index contributed by atoms with van der Waals surface area (Å²) in [6.07, 6.45) is 3.87. The number of benzene rings is 9. The number of amides is 6. The summed E-state index contributed by atoms with van der Waals surface area (Å²) in [5.74, 6) is -2.66. The van der Waals surface area contributed by atoms with Gasteiger partial charge in [0.25, 0.3) is 35.4 Å². The number of hydrogen-bond donors (Lipinski definition) is 3. The van der Waals surface area contributed by atoms with Gasteiger partial charge in [-0.15, -0.1) is 0 Å². The number of halogens is 2. The van der Waals surface area contributed by atoms with Crippen LogP contribution in [0.2, 0.25) is 0 Å². The lowest BCUT2D eigenvalue weighted by molar-refractivity contribution is 0.0619. The highest BCUT2D eigenvalue weighted by Crippen LogP contribution is 2.25. The molecule has 9 aromatic carbocycles. The summed E-state index contributed by atoms with van der Waals surface area (Å²) in [6.45, 7) is 13.8. The number of nitrogens with zero attached hydrogens (tertiary/aromatic N) is 12. The summed E-state index contributed by atoms with van der Waals surface area (Å²) in [4.78, 5) is 104. The summed E-state index contributed by atoms with van der Waals surface area (Å²) in [7, 11) is 24.2. The molecule has 119 heavy (non-hydrogen) atoms. The van der Waals surface area contributed by atoms with E-state index in [1.807, 2.05) is 113 Å². The molecule has 3 N–H and O–H groups in total. The van der Waals surface area contributed by atoms with Crippen LogP contribution < -0.4 is 45.3 Å². The van der Waals surface area contributed by atoms with Crippen molar-refractivity contribution in [1.29, 1.82) is 0 Å². The highest BCUT2D eigenvalue weighted by atomic mass is 19.1. The van der Waals surface area contributed by atoms with Crippen LogP contribution in [0.4, 0.5) is 42.9 Å². The van der Waals surface area contributed by atoms with Crippen molar-refractivity contribution in [2.45, 2.75) is 58.7 Å². The first kappa shape index (κ1) is 89.7. The minimum Gasteiger partial charge on any atom is -0.378 e. The second kappa shape index (κ2) is 43.7. The van der Waals surface area contributed by atoms with E-state index in [1.54, 1.807) is 15.9 Å². The van der Waals surface area contributed by atoms with Crippen LogP contribution in [0.1, 0.15) is 114 Å². The molecule has 0 aromatic heterocycles. The fourth-order valence-corrected chi connectivity index (χ4v) is 14.6. The summed E-state index contributed by atoms with van der Waals surface area (Å²) in [5.41, 5.74) is 16.7. The highest BCUT2D eigenvalue weighted by molar-refractivity contribution is 6.09. The van der Waals surface area contributed by atoms with Gasteiger partial charge < -0.3 is 60.0 Å². The van der Waals surface area contributed by atoms with Crippen molar-refractivity contribution in [2.75, 3.05) is 212 Å². The number of hydrogen-bond acceptors (Lipinski definition) is 15. The average molecular weight is 1620 g/mol. The predicted molar refractivity (Wildman–Crippen MR) is 479 cm³/mol. The Hall–Kier alpha value is -11.7. The molecular weight excluding hydrogens is 1500 g/mol. The Morgan fingerprint density at radius 2 is 0.529 bits per heavy atom. The number of nitrogens with one attached hydrogen (secondary N) is 3. The van der Waals surface area contributed by atoms with E-state index in [9.17, 15) is 37.5 Å². The largest absolute Gasteiger partial charge is 0.378 e. The van der Waals surface area contributed by atoms with Crippen LogP contribution in [0.5, 0.6) is 0 Å². The van der Waals surface area contributed by atoms with Crippen molar-refractivity contribution in [1.82, 2.24) is 45.3 Å². The molecule has 0 spiro atoms. The van der Waals surface area contributed by atoms with Gasteiger partial charge in [0.05, 0.1) is 33.4 Å². The Balaban J connectivity index is 0.000000188. The van der Waals surface area contributed by atoms with Crippen molar-refractivity contribution < 1.29 is 37.5 Å². The van der Waals surface area contributed by atoms with Crippen molar-refractivity contribution in [3.8, 4) is 0 Å². The summed E-state index contributed by atoms with van der Waals surface area (Å²) in [5, 5.41) is 8.81. The van der Waals surface area contributed by atoms with Crippen LogP contribution in [-0.2, 0) is 38.9 Å². The van der Waals surface area contributed by atoms with Gasteiger partial charge in [-0.25, -0.2) is 8.78 Å². The van der Waals surface area contributed by atoms with Gasteiger partial charge in [0.2, 0.25) is 0 Å². The molecule has 0 aliphatic carbocycles. The first-order valence-corrected chi connectivity index (χ1v) is 41.3. The zero-order chi connectivity index (χ0) is 85.2. The van der Waals surface area contributed by atoms with Gasteiger partial charge in [-0.2, -0.15) is 0 Å². The molecule has 9 aromatic rings. The van der Waals surface area contributed by atoms with Crippen LogP contribution in [0.15, 0.2) is 200 Å². The van der Waals surface area contributed by atoms with E-state index in [0.717, 1.165) is 124 Å². The Bertz CT molecular complexity index is 4790. The molecule has 0 radical (unpaired) electrons. The van der Waals surface area contributed by atoms with Crippen LogP contribution in [-0.4, -0.2) is 248 Å². The monoisotopic (exact) mass is 1620 g/mol. The third kappa shape index (κ3) is 26.4. The third-order valence-corrected chi connectivity index (χ3v) is 22.0. The second-order valence-corrected chi connectivity index (χ2v) is 32.2. The molecule has 0 saturated carbocycles. The molecule has 12 rings (SSSR count). The summed E-state index contributed by atoms with van der Waals surface area (Å²) >= 11 is 0. The molecule has 3 aliphatic rings. The quantitative estimate of drug-likeness (QED) is 0.0377. The molecule has 3 saturated heterocycles. The average Bonchev–Trinajstić information content (AvgIpc) is 0.816.